The molecule has 0 amide bonds. The number of rotatable bonds is 3. The molecular weight excluding hydrogens is 269 g/mol. The van der Waals surface area contributed by atoms with E-state index in [-0.39, 0.29) is 11.7 Å². The van der Waals surface area contributed by atoms with Crippen LogP contribution in [-0.2, 0) is 6.42 Å². The normalized spacial score (nSPS) is 11.0. The van der Waals surface area contributed by atoms with Crippen LogP contribution in [0.1, 0.15) is 22.5 Å². The number of halogens is 1. The molecule has 5 nitrogen and oxygen atoms in total. The summed E-state index contributed by atoms with van der Waals surface area (Å²) in [4.78, 5) is 8.62. The smallest absolute Gasteiger partial charge is 0.158 e. The lowest BCUT2D eigenvalue weighted by Crippen LogP contribution is -2.16. The molecule has 0 atom stereocenters. The van der Waals surface area contributed by atoms with Gasteiger partial charge in [-0.3, -0.25) is 5.41 Å². The van der Waals surface area contributed by atoms with E-state index in [1.165, 1.54) is 6.07 Å². The molecule has 0 fully saturated rings. The molecule has 3 rings (SSSR count). The van der Waals surface area contributed by atoms with Gasteiger partial charge < -0.3 is 10.1 Å². The molecule has 0 saturated heterocycles. The fourth-order valence-corrected chi connectivity index (χ4v) is 2.18. The van der Waals surface area contributed by atoms with Crippen LogP contribution in [0.3, 0.4) is 0 Å². The topological polar surface area (TPSA) is 80.1 Å². The summed E-state index contributed by atoms with van der Waals surface area (Å²) in [5.74, 6) is -0.350. The quantitative estimate of drug-likeness (QED) is 0.570. The standard InChI is InChI=1S/C15H14FN5/c1-9-2-3-10(6-11(9)16)7-12-15-19-4-5-21(15)8-13(20-12)14(17)18/h2-6,8H,7H2,1H3,(H3,17,18). The first-order valence-corrected chi connectivity index (χ1v) is 6.46. The Kier molecular flexibility index (Phi) is 3.13. The van der Waals surface area contributed by atoms with Crippen molar-refractivity contribution in [2.24, 2.45) is 5.73 Å². The summed E-state index contributed by atoms with van der Waals surface area (Å²) in [6.45, 7) is 1.72. The average Bonchev–Trinajstić information content (AvgIpc) is 2.91. The lowest BCUT2D eigenvalue weighted by molar-refractivity contribution is 0.616. The number of hydrogen-bond acceptors (Lipinski definition) is 3. The predicted molar refractivity (Wildman–Crippen MR) is 77.9 cm³/mol. The summed E-state index contributed by atoms with van der Waals surface area (Å²) in [6, 6.07) is 5.10. The van der Waals surface area contributed by atoms with Gasteiger partial charge in [0.25, 0.3) is 0 Å². The van der Waals surface area contributed by atoms with Crippen molar-refractivity contribution in [3.63, 3.8) is 0 Å². The van der Waals surface area contributed by atoms with E-state index < -0.39 is 0 Å². The summed E-state index contributed by atoms with van der Waals surface area (Å²) in [5, 5.41) is 7.52. The number of hydrogen-bond donors (Lipinski definition) is 2. The van der Waals surface area contributed by atoms with Gasteiger partial charge >= 0.3 is 0 Å². The Morgan fingerprint density at radius 3 is 2.95 bits per heavy atom. The van der Waals surface area contributed by atoms with E-state index >= 15 is 0 Å². The number of nitrogens with zero attached hydrogens (tertiary/aromatic N) is 3. The minimum Gasteiger partial charge on any atom is -0.382 e. The molecule has 0 aliphatic carbocycles. The first-order chi connectivity index (χ1) is 10.0. The van der Waals surface area contributed by atoms with Crippen molar-refractivity contribution < 1.29 is 4.39 Å². The van der Waals surface area contributed by atoms with Crippen LogP contribution in [0.15, 0.2) is 36.8 Å². The van der Waals surface area contributed by atoms with E-state index in [1.807, 2.05) is 6.07 Å². The van der Waals surface area contributed by atoms with Gasteiger partial charge in [0.15, 0.2) is 5.65 Å². The maximum absolute atomic E-state index is 13.6. The molecule has 106 valence electrons. The third-order valence-electron chi connectivity index (χ3n) is 3.33. The molecule has 3 aromatic rings. The molecule has 0 bridgehead atoms. The molecule has 0 unspecified atom stereocenters. The van der Waals surface area contributed by atoms with Crippen molar-refractivity contribution in [3.05, 3.63) is 65.1 Å². The van der Waals surface area contributed by atoms with Crippen LogP contribution in [0, 0.1) is 18.2 Å². The second-order valence-corrected chi connectivity index (χ2v) is 4.90. The lowest BCUT2D eigenvalue weighted by Gasteiger charge is -2.07. The van der Waals surface area contributed by atoms with Crippen LogP contribution in [0.4, 0.5) is 4.39 Å². The number of aromatic nitrogens is 3. The zero-order valence-electron chi connectivity index (χ0n) is 11.5. The first kappa shape index (κ1) is 13.2. The molecule has 21 heavy (non-hydrogen) atoms. The monoisotopic (exact) mass is 283 g/mol. The zero-order valence-corrected chi connectivity index (χ0v) is 11.5. The highest BCUT2D eigenvalue weighted by atomic mass is 19.1. The second-order valence-electron chi connectivity index (χ2n) is 4.90. The van der Waals surface area contributed by atoms with E-state index in [4.69, 9.17) is 11.1 Å². The van der Waals surface area contributed by atoms with E-state index in [2.05, 4.69) is 9.97 Å². The van der Waals surface area contributed by atoms with Gasteiger partial charge in [0, 0.05) is 25.0 Å². The number of amidine groups is 1. The summed E-state index contributed by atoms with van der Waals surface area (Å²) < 4.78 is 15.4. The molecular formula is C15H14FN5. The van der Waals surface area contributed by atoms with Crippen LogP contribution in [0.25, 0.3) is 5.65 Å². The number of aryl methyl sites for hydroxylation is 1. The number of imidazole rings is 1. The lowest BCUT2D eigenvalue weighted by atomic mass is 10.1. The van der Waals surface area contributed by atoms with Gasteiger partial charge in [-0.15, -0.1) is 0 Å². The Balaban J connectivity index is 2.08. The summed E-state index contributed by atoms with van der Waals surface area (Å²) in [6.07, 6.45) is 5.51. The number of nitrogens with one attached hydrogen (secondary N) is 1. The maximum atomic E-state index is 13.6. The molecule has 2 aromatic heterocycles. The summed E-state index contributed by atoms with van der Waals surface area (Å²) >= 11 is 0. The van der Waals surface area contributed by atoms with E-state index in [0.717, 1.165) is 5.56 Å². The van der Waals surface area contributed by atoms with Crippen molar-refractivity contribution in [3.8, 4) is 0 Å². The fourth-order valence-electron chi connectivity index (χ4n) is 2.18. The number of nitrogen functional groups attached to an aromatic ring is 1. The highest BCUT2D eigenvalue weighted by molar-refractivity contribution is 5.93. The molecule has 0 aliphatic heterocycles. The Bertz CT molecular complexity index is 837. The minimum absolute atomic E-state index is 0.109. The predicted octanol–water partition coefficient (Wildman–Crippen LogP) is 2.05. The van der Waals surface area contributed by atoms with Crippen LogP contribution in [0.2, 0.25) is 0 Å². The van der Waals surface area contributed by atoms with Crippen molar-refractivity contribution in [2.75, 3.05) is 0 Å². The Morgan fingerprint density at radius 2 is 2.24 bits per heavy atom. The van der Waals surface area contributed by atoms with Crippen molar-refractivity contribution >= 4 is 11.5 Å². The third kappa shape index (κ3) is 2.47. The van der Waals surface area contributed by atoms with Gasteiger partial charge in [-0.2, -0.15) is 0 Å². The molecule has 6 heteroatoms. The Hall–Kier alpha value is -2.76. The van der Waals surface area contributed by atoms with Crippen LogP contribution in [0.5, 0.6) is 0 Å². The van der Waals surface area contributed by atoms with Gasteiger partial charge in [0.05, 0.1) is 5.69 Å². The summed E-state index contributed by atoms with van der Waals surface area (Å²) in [5.41, 5.74) is 8.64. The van der Waals surface area contributed by atoms with Gasteiger partial charge in [-0.25, -0.2) is 14.4 Å². The van der Waals surface area contributed by atoms with Crippen molar-refractivity contribution in [1.82, 2.24) is 14.4 Å². The van der Waals surface area contributed by atoms with Gasteiger partial charge in [0.2, 0.25) is 0 Å². The van der Waals surface area contributed by atoms with Crippen molar-refractivity contribution in [2.45, 2.75) is 13.3 Å². The highest BCUT2D eigenvalue weighted by Gasteiger charge is 2.11. The molecule has 1 aromatic carbocycles. The Labute approximate surface area is 120 Å². The molecule has 0 aliphatic rings. The number of benzene rings is 1. The minimum atomic E-state index is -0.241. The largest absolute Gasteiger partial charge is 0.382 e. The van der Waals surface area contributed by atoms with Crippen LogP contribution < -0.4 is 5.73 Å². The number of fused-ring (bicyclic) bond motifs is 1. The molecule has 0 radical (unpaired) electrons. The maximum Gasteiger partial charge on any atom is 0.158 e. The highest BCUT2D eigenvalue weighted by Crippen LogP contribution is 2.16. The van der Waals surface area contributed by atoms with Gasteiger partial charge in [-0.1, -0.05) is 12.1 Å². The average molecular weight is 283 g/mol. The van der Waals surface area contributed by atoms with Gasteiger partial charge in [-0.05, 0) is 24.1 Å². The third-order valence-corrected chi connectivity index (χ3v) is 3.33. The van der Waals surface area contributed by atoms with Crippen LogP contribution >= 0.6 is 0 Å². The zero-order chi connectivity index (χ0) is 15.0. The molecule has 0 saturated carbocycles. The summed E-state index contributed by atoms with van der Waals surface area (Å²) in [7, 11) is 0. The Morgan fingerprint density at radius 1 is 1.43 bits per heavy atom. The van der Waals surface area contributed by atoms with Crippen LogP contribution in [-0.4, -0.2) is 20.2 Å². The van der Waals surface area contributed by atoms with E-state index in [9.17, 15) is 4.39 Å². The second kappa shape index (κ2) is 4.97. The first-order valence-electron chi connectivity index (χ1n) is 6.46. The molecule has 2 heterocycles. The number of nitrogens with two attached hydrogens (primary N) is 1. The van der Waals surface area contributed by atoms with E-state index in [0.29, 0.717) is 29.0 Å². The van der Waals surface area contributed by atoms with E-state index in [1.54, 1.807) is 36.0 Å². The molecule has 0 spiro atoms. The fraction of sp³-hybridized carbons (Fsp3) is 0.133. The van der Waals surface area contributed by atoms with Crippen molar-refractivity contribution in [1.29, 1.82) is 5.41 Å². The molecule has 3 N–H and O–H groups in total. The SMILES string of the molecule is Cc1ccc(Cc2nc(C(=N)N)cn3ccnc23)cc1F. The van der Waals surface area contributed by atoms with Gasteiger partial charge in [0.1, 0.15) is 17.3 Å².